The van der Waals surface area contributed by atoms with Gasteiger partial charge in [-0.25, -0.2) is 13.1 Å². The van der Waals surface area contributed by atoms with Crippen molar-refractivity contribution in [1.82, 2.24) is 20.7 Å². The van der Waals surface area contributed by atoms with E-state index < -0.39 is 15.9 Å². The maximum absolute atomic E-state index is 12.4. The fourth-order valence-corrected chi connectivity index (χ4v) is 4.27. The Morgan fingerprint density at radius 3 is 2.41 bits per heavy atom. The highest BCUT2D eigenvalue weighted by Crippen LogP contribution is 2.18. The summed E-state index contributed by atoms with van der Waals surface area (Å²) in [5, 5.41) is 10.4. The number of carbonyl (C=O) groups is 2. The van der Waals surface area contributed by atoms with Gasteiger partial charge in [0.1, 0.15) is 0 Å². The Hall–Kier alpha value is -2.49. The minimum atomic E-state index is -3.79. The van der Waals surface area contributed by atoms with E-state index in [1.807, 2.05) is 24.3 Å². The Morgan fingerprint density at radius 2 is 1.66 bits per heavy atom. The Labute approximate surface area is 170 Å². The van der Waals surface area contributed by atoms with Crippen molar-refractivity contribution in [2.24, 2.45) is 5.92 Å². The van der Waals surface area contributed by atoms with Gasteiger partial charge in [0, 0.05) is 19.0 Å². The monoisotopic (exact) mass is 418 g/mol. The van der Waals surface area contributed by atoms with E-state index >= 15 is 0 Å². The molecule has 29 heavy (non-hydrogen) atoms. The topological polar surface area (TPSA) is 116 Å². The molecule has 1 aliphatic rings. The molecule has 2 aromatic rings. The second kappa shape index (κ2) is 9.82. The second-order valence-corrected chi connectivity index (χ2v) is 8.77. The number of hydrogen-bond acceptors (Lipinski definition) is 5. The zero-order valence-corrected chi connectivity index (χ0v) is 16.9. The molecule has 0 spiro atoms. The maximum Gasteiger partial charge on any atom is 0.241 e. The molecule has 0 bridgehead atoms. The highest BCUT2D eigenvalue weighted by molar-refractivity contribution is 7.89. The van der Waals surface area contributed by atoms with Gasteiger partial charge < -0.3 is 16.0 Å². The van der Waals surface area contributed by atoms with E-state index in [4.69, 9.17) is 0 Å². The van der Waals surface area contributed by atoms with Crippen molar-refractivity contribution in [3.8, 4) is 0 Å². The second-order valence-electron chi connectivity index (χ2n) is 7.00. The summed E-state index contributed by atoms with van der Waals surface area (Å²) in [7, 11) is -3.79. The molecule has 3 rings (SSSR count). The van der Waals surface area contributed by atoms with Crippen LogP contribution in [0.25, 0.3) is 10.8 Å². The van der Waals surface area contributed by atoms with Gasteiger partial charge >= 0.3 is 0 Å². The van der Waals surface area contributed by atoms with E-state index in [-0.39, 0.29) is 29.8 Å². The Morgan fingerprint density at radius 1 is 0.966 bits per heavy atom. The predicted molar refractivity (Wildman–Crippen MR) is 111 cm³/mol. The van der Waals surface area contributed by atoms with Gasteiger partial charge in [-0.2, -0.15) is 0 Å². The van der Waals surface area contributed by atoms with Crippen LogP contribution in [0, 0.1) is 5.92 Å². The lowest BCUT2D eigenvalue weighted by atomic mass is 9.97. The molecule has 9 heteroatoms. The van der Waals surface area contributed by atoms with Crippen LogP contribution < -0.4 is 20.7 Å². The fraction of sp³-hybridized carbons (Fsp3) is 0.400. The molecular formula is C20H26N4O4S. The first-order chi connectivity index (χ1) is 14.0. The highest BCUT2D eigenvalue weighted by Gasteiger charge is 2.20. The first-order valence-corrected chi connectivity index (χ1v) is 11.2. The minimum Gasteiger partial charge on any atom is -0.354 e. The Balaban J connectivity index is 1.41. The molecule has 0 radical (unpaired) electrons. The number of benzene rings is 2. The number of sulfonamides is 1. The molecule has 1 fully saturated rings. The van der Waals surface area contributed by atoms with Crippen LogP contribution in [0.4, 0.5) is 0 Å². The number of hydrogen-bond donors (Lipinski definition) is 4. The summed E-state index contributed by atoms with van der Waals surface area (Å²) < 4.78 is 27.1. The fourth-order valence-electron chi connectivity index (χ4n) is 3.26. The SMILES string of the molecule is O=C(CNS(=O)(=O)c1ccc2ccccc2c1)NCCNC(=O)C1CCNCC1. The Kier molecular flexibility index (Phi) is 7.18. The van der Waals surface area contributed by atoms with Gasteiger partial charge in [0.25, 0.3) is 0 Å². The number of amides is 2. The van der Waals surface area contributed by atoms with Crippen LogP contribution in [0.15, 0.2) is 47.4 Å². The first kappa shape index (κ1) is 21.2. The third-order valence-electron chi connectivity index (χ3n) is 4.91. The Bertz CT molecular complexity index is 971. The number of carbonyl (C=O) groups excluding carboxylic acids is 2. The van der Waals surface area contributed by atoms with Crippen LogP contribution in [0.2, 0.25) is 0 Å². The molecule has 0 aromatic heterocycles. The van der Waals surface area contributed by atoms with E-state index in [0.717, 1.165) is 36.7 Å². The number of fused-ring (bicyclic) bond motifs is 1. The van der Waals surface area contributed by atoms with Crippen molar-refractivity contribution in [3.63, 3.8) is 0 Å². The normalized spacial score (nSPS) is 15.2. The van der Waals surface area contributed by atoms with Crippen LogP contribution in [-0.4, -0.2) is 53.0 Å². The van der Waals surface area contributed by atoms with Crippen LogP contribution in [0.3, 0.4) is 0 Å². The van der Waals surface area contributed by atoms with Gasteiger partial charge in [-0.15, -0.1) is 0 Å². The summed E-state index contributed by atoms with van der Waals surface area (Å²) in [6, 6.07) is 12.3. The molecule has 4 N–H and O–H groups in total. The number of piperidine rings is 1. The van der Waals surface area contributed by atoms with Crippen molar-refractivity contribution < 1.29 is 18.0 Å². The average Bonchev–Trinajstić information content (AvgIpc) is 2.75. The van der Waals surface area contributed by atoms with Gasteiger partial charge in [0.2, 0.25) is 21.8 Å². The lowest BCUT2D eigenvalue weighted by molar-refractivity contribution is -0.126. The molecular weight excluding hydrogens is 392 g/mol. The van der Waals surface area contributed by atoms with Gasteiger partial charge in [0.15, 0.2) is 0 Å². The predicted octanol–water partition coefficient (Wildman–Crippen LogP) is 0.350. The summed E-state index contributed by atoms with van der Waals surface area (Å²) in [4.78, 5) is 24.0. The molecule has 0 atom stereocenters. The third-order valence-corrected chi connectivity index (χ3v) is 6.31. The lowest BCUT2D eigenvalue weighted by Crippen LogP contribution is -2.43. The van der Waals surface area contributed by atoms with E-state index in [0.29, 0.717) is 6.54 Å². The van der Waals surface area contributed by atoms with Crippen LogP contribution >= 0.6 is 0 Å². The van der Waals surface area contributed by atoms with Gasteiger partial charge in [-0.3, -0.25) is 9.59 Å². The summed E-state index contributed by atoms with van der Waals surface area (Å²) in [6.45, 7) is 1.87. The van der Waals surface area contributed by atoms with Gasteiger partial charge in [0.05, 0.1) is 11.4 Å². The van der Waals surface area contributed by atoms with Crippen LogP contribution in [0.1, 0.15) is 12.8 Å². The van der Waals surface area contributed by atoms with E-state index in [9.17, 15) is 18.0 Å². The largest absolute Gasteiger partial charge is 0.354 e. The highest BCUT2D eigenvalue weighted by atomic mass is 32.2. The molecule has 0 saturated carbocycles. The molecule has 8 nitrogen and oxygen atoms in total. The zero-order valence-electron chi connectivity index (χ0n) is 16.1. The molecule has 1 saturated heterocycles. The van der Waals surface area contributed by atoms with Crippen molar-refractivity contribution in [1.29, 1.82) is 0 Å². The quantitative estimate of drug-likeness (QED) is 0.462. The van der Waals surface area contributed by atoms with Gasteiger partial charge in [-0.05, 0) is 48.8 Å². The average molecular weight is 419 g/mol. The van der Waals surface area contributed by atoms with Crippen molar-refractivity contribution in [2.75, 3.05) is 32.7 Å². The van der Waals surface area contributed by atoms with E-state index in [1.54, 1.807) is 12.1 Å². The maximum atomic E-state index is 12.4. The molecule has 156 valence electrons. The smallest absolute Gasteiger partial charge is 0.241 e. The van der Waals surface area contributed by atoms with Crippen LogP contribution in [-0.2, 0) is 19.6 Å². The third kappa shape index (κ3) is 5.99. The minimum absolute atomic E-state index is 0.00208. The summed E-state index contributed by atoms with van der Waals surface area (Å²) >= 11 is 0. The molecule has 2 amide bonds. The van der Waals surface area contributed by atoms with E-state index in [1.165, 1.54) is 6.07 Å². The van der Waals surface area contributed by atoms with Gasteiger partial charge in [-0.1, -0.05) is 30.3 Å². The molecule has 0 unspecified atom stereocenters. The lowest BCUT2D eigenvalue weighted by Gasteiger charge is -2.21. The molecule has 0 aliphatic carbocycles. The molecule has 1 heterocycles. The molecule has 2 aromatic carbocycles. The number of nitrogens with one attached hydrogen (secondary N) is 4. The summed E-state index contributed by atoms with van der Waals surface area (Å²) in [5.41, 5.74) is 0. The molecule has 1 aliphatic heterocycles. The summed E-state index contributed by atoms with van der Waals surface area (Å²) in [6.07, 6.45) is 1.63. The van der Waals surface area contributed by atoms with E-state index in [2.05, 4.69) is 20.7 Å². The summed E-state index contributed by atoms with van der Waals surface area (Å²) in [5.74, 6) is -0.441. The first-order valence-electron chi connectivity index (χ1n) is 9.69. The number of rotatable bonds is 8. The van der Waals surface area contributed by atoms with Crippen molar-refractivity contribution >= 4 is 32.6 Å². The van der Waals surface area contributed by atoms with Crippen LogP contribution in [0.5, 0.6) is 0 Å². The zero-order chi connectivity index (χ0) is 20.7. The standard InChI is InChI=1S/C20H26N4O4S/c25-19(22-11-12-23-20(26)16-7-9-21-10-8-16)14-24-29(27,28)18-6-5-15-3-1-2-4-17(15)13-18/h1-6,13,16,21,24H,7-12,14H2,(H,22,25)(H,23,26). The van der Waals surface area contributed by atoms with Crippen molar-refractivity contribution in [2.45, 2.75) is 17.7 Å². The van der Waals surface area contributed by atoms with Crippen molar-refractivity contribution in [3.05, 3.63) is 42.5 Å².